The molecule has 4 heteroatoms. The third-order valence-electron chi connectivity index (χ3n) is 2.94. The third kappa shape index (κ3) is 3.02. The first-order chi connectivity index (χ1) is 7.27. The summed E-state index contributed by atoms with van der Waals surface area (Å²) in [5.41, 5.74) is 0. The van der Waals surface area contributed by atoms with E-state index < -0.39 is 5.97 Å². The maximum absolute atomic E-state index is 11.3. The fourth-order valence-electron chi connectivity index (χ4n) is 1.69. The van der Waals surface area contributed by atoms with Crippen molar-refractivity contribution in [1.82, 2.24) is 0 Å². The number of hydrogen-bond donors (Lipinski definition) is 0. The van der Waals surface area contributed by atoms with E-state index in [4.69, 9.17) is 9.47 Å². The van der Waals surface area contributed by atoms with Gasteiger partial charge in [0.05, 0.1) is 6.61 Å². The highest BCUT2D eigenvalue weighted by atomic mass is 16.5. The Morgan fingerprint density at radius 3 is 2.40 bits per heavy atom. The molecule has 0 radical (unpaired) electrons. The first-order valence-corrected chi connectivity index (χ1v) is 5.56. The molecule has 0 spiro atoms. The van der Waals surface area contributed by atoms with Crippen LogP contribution in [0.5, 0.6) is 0 Å². The fraction of sp³-hybridized carbons (Fsp3) is 0.818. The van der Waals surface area contributed by atoms with E-state index in [1.807, 2.05) is 0 Å². The van der Waals surface area contributed by atoms with Crippen molar-refractivity contribution >= 4 is 11.8 Å². The van der Waals surface area contributed by atoms with Crippen molar-refractivity contribution in [3.05, 3.63) is 0 Å². The first-order valence-electron chi connectivity index (χ1n) is 5.56. The Hall–Kier alpha value is -0.900. The highest BCUT2D eigenvalue weighted by Crippen LogP contribution is 2.30. The molecular weight excluding hydrogens is 196 g/mol. The molecule has 1 heterocycles. The molecule has 84 valence electrons. The van der Waals surface area contributed by atoms with Crippen molar-refractivity contribution in [3.63, 3.8) is 0 Å². The van der Waals surface area contributed by atoms with E-state index in [-0.39, 0.29) is 11.7 Å². The summed E-state index contributed by atoms with van der Waals surface area (Å²) in [5.74, 6) is -0.632. The number of Topliss-reactive ketones (excluding diaryl/α,β-unsaturated/α-hetero) is 1. The van der Waals surface area contributed by atoms with Gasteiger partial charge in [0.1, 0.15) is 0 Å². The number of esters is 1. The van der Waals surface area contributed by atoms with E-state index in [2.05, 4.69) is 0 Å². The van der Waals surface area contributed by atoms with E-state index in [1.165, 1.54) is 0 Å². The number of ketones is 1. The average Bonchev–Trinajstić information content (AvgIpc) is 3.10. The van der Waals surface area contributed by atoms with Crippen LogP contribution in [0.3, 0.4) is 0 Å². The van der Waals surface area contributed by atoms with Gasteiger partial charge in [-0.1, -0.05) is 0 Å². The number of hydrogen-bond acceptors (Lipinski definition) is 4. The lowest BCUT2D eigenvalue weighted by molar-refractivity contribution is -0.156. The Labute approximate surface area is 88.9 Å². The van der Waals surface area contributed by atoms with Crippen molar-refractivity contribution in [2.45, 2.75) is 25.7 Å². The van der Waals surface area contributed by atoms with Gasteiger partial charge in [0, 0.05) is 19.1 Å². The molecule has 0 atom stereocenters. The summed E-state index contributed by atoms with van der Waals surface area (Å²) in [5, 5.41) is 0. The number of carbonyl (C=O) groups excluding carboxylic acids is 2. The largest absolute Gasteiger partial charge is 0.460 e. The molecule has 15 heavy (non-hydrogen) atoms. The second kappa shape index (κ2) is 4.75. The van der Waals surface area contributed by atoms with Crippen molar-refractivity contribution < 1.29 is 19.1 Å². The first kappa shape index (κ1) is 10.6. The summed E-state index contributed by atoms with van der Waals surface area (Å²) < 4.78 is 10.2. The summed E-state index contributed by atoms with van der Waals surface area (Å²) in [4.78, 5) is 22.5. The third-order valence-corrected chi connectivity index (χ3v) is 2.94. The van der Waals surface area contributed by atoms with Crippen LogP contribution in [-0.4, -0.2) is 31.6 Å². The maximum Gasteiger partial charge on any atom is 0.374 e. The van der Waals surface area contributed by atoms with Gasteiger partial charge in [-0.05, 0) is 31.6 Å². The van der Waals surface area contributed by atoms with Gasteiger partial charge < -0.3 is 9.47 Å². The fourth-order valence-corrected chi connectivity index (χ4v) is 1.69. The lowest BCUT2D eigenvalue weighted by Gasteiger charge is -2.21. The molecule has 1 saturated carbocycles. The molecule has 2 aliphatic rings. The molecule has 1 saturated heterocycles. The Bertz CT molecular complexity index is 251. The molecule has 0 amide bonds. The lowest BCUT2D eigenvalue weighted by Crippen LogP contribution is -2.25. The molecule has 2 fully saturated rings. The smallest absolute Gasteiger partial charge is 0.374 e. The minimum absolute atomic E-state index is 0.0350. The van der Waals surface area contributed by atoms with Gasteiger partial charge in [-0.25, -0.2) is 4.79 Å². The standard InChI is InChI=1S/C11H16O4/c12-10(9-1-2-9)11(13)15-7-8-3-5-14-6-4-8/h8-9H,1-7H2. The van der Waals surface area contributed by atoms with E-state index in [0.717, 1.165) is 38.9 Å². The van der Waals surface area contributed by atoms with Gasteiger partial charge in [0.2, 0.25) is 5.78 Å². The predicted molar refractivity (Wildman–Crippen MR) is 52.2 cm³/mol. The molecule has 2 rings (SSSR count). The van der Waals surface area contributed by atoms with Crippen LogP contribution in [0, 0.1) is 11.8 Å². The van der Waals surface area contributed by atoms with E-state index >= 15 is 0 Å². The Balaban J connectivity index is 1.67. The van der Waals surface area contributed by atoms with Crippen molar-refractivity contribution in [2.75, 3.05) is 19.8 Å². The quantitative estimate of drug-likeness (QED) is 0.514. The lowest BCUT2D eigenvalue weighted by atomic mass is 10.0. The normalized spacial score (nSPS) is 22.4. The van der Waals surface area contributed by atoms with Crippen LogP contribution in [0.25, 0.3) is 0 Å². The number of ether oxygens (including phenoxy) is 2. The Morgan fingerprint density at radius 1 is 1.13 bits per heavy atom. The van der Waals surface area contributed by atoms with Crippen LogP contribution in [-0.2, 0) is 19.1 Å². The topological polar surface area (TPSA) is 52.6 Å². The Kier molecular flexibility index (Phi) is 3.36. The predicted octanol–water partition coefficient (Wildman–Crippen LogP) is 0.935. The van der Waals surface area contributed by atoms with Gasteiger partial charge in [0.25, 0.3) is 0 Å². The zero-order valence-corrected chi connectivity index (χ0v) is 8.74. The SMILES string of the molecule is O=C(OCC1CCOCC1)C(=O)C1CC1. The van der Waals surface area contributed by atoms with Crippen LogP contribution < -0.4 is 0 Å². The molecule has 0 aromatic rings. The maximum atomic E-state index is 11.3. The van der Waals surface area contributed by atoms with Crippen LogP contribution >= 0.6 is 0 Å². The zero-order valence-electron chi connectivity index (χ0n) is 8.74. The number of carbonyl (C=O) groups is 2. The van der Waals surface area contributed by atoms with Crippen molar-refractivity contribution in [1.29, 1.82) is 0 Å². The van der Waals surface area contributed by atoms with E-state index in [0.29, 0.717) is 12.5 Å². The van der Waals surface area contributed by atoms with E-state index in [9.17, 15) is 9.59 Å². The molecule has 0 unspecified atom stereocenters. The van der Waals surface area contributed by atoms with Gasteiger partial charge in [-0.2, -0.15) is 0 Å². The molecule has 1 aliphatic carbocycles. The summed E-state index contributed by atoms with van der Waals surface area (Å²) >= 11 is 0. The summed E-state index contributed by atoms with van der Waals surface area (Å²) in [6.07, 6.45) is 3.55. The van der Waals surface area contributed by atoms with Gasteiger partial charge in [0.15, 0.2) is 0 Å². The zero-order chi connectivity index (χ0) is 10.7. The highest BCUT2D eigenvalue weighted by molar-refractivity contribution is 6.35. The molecule has 1 aliphatic heterocycles. The molecule has 0 aromatic carbocycles. The minimum atomic E-state index is -0.635. The molecule has 0 N–H and O–H groups in total. The van der Waals surface area contributed by atoms with Crippen LogP contribution in [0.2, 0.25) is 0 Å². The molecule has 0 bridgehead atoms. The van der Waals surface area contributed by atoms with Crippen molar-refractivity contribution in [2.24, 2.45) is 11.8 Å². The highest BCUT2D eigenvalue weighted by Gasteiger charge is 2.35. The van der Waals surface area contributed by atoms with Gasteiger partial charge >= 0.3 is 5.97 Å². The van der Waals surface area contributed by atoms with Crippen LogP contribution in [0.15, 0.2) is 0 Å². The minimum Gasteiger partial charge on any atom is -0.460 e. The van der Waals surface area contributed by atoms with Crippen LogP contribution in [0.4, 0.5) is 0 Å². The van der Waals surface area contributed by atoms with Crippen molar-refractivity contribution in [3.8, 4) is 0 Å². The number of rotatable bonds is 4. The molecular formula is C11H16O4. The second-order valence-corrected chi connectivity index (χ2v) is 4.29. The van der Waals surface area contributed by atoms with Gasteiger partial charge in [-0.15, -0.1) is 0 Å². The summed E-state index contributed by atoms with van der Waals surface area (Å²) in [7, 11) is 0. The van der Waals surface area contributed by atoms with Gasteiger partial charge in [-0.3, -0.25) is 4.79 Å². The molecule has 0 aromatic heterocycles. The molecule has 4 nitrogen and oxygen atoms in total. The Morgan fingerprint density at radius 2 is 1.80 bits per heavy atom. The second-order valence-electron chi connectivity index (χ2n) is 4.29. The average molecular weight is 212 g/mol. The summed E-state index contributed by atoms with van der Waals surface area (Å²) in [6.45, 7) is 1.85. The van der Waals surface area contributed by atoms with Crippen LogP contribution in [0.1, 0.15) is 25.7 Å². The monoisotopic (exact) mass is 212 g/mol. The van der Waals surface area contributed by atoms with E-state index in [1.54, 1.807) is 0 Å². The summed E-state index contributed by atoms with van der Waals surface area (Å²) in [6, 6.07) is 0.